The van der Waals surface area contributed by atoms with Crippen LogP contribution in [-0.2, 0) is 0 Å². The molecule has 20 heavy (non-hydrogen) atoms. The first-order chi connectivity index (χ1) is 9.65. The van der Waals surface area contributed by atoms with E-state index in [1.807, 2.05) is 18.2 Å². The van der Waals surface area contributed by atoms with Gasteiger partial charge in [0, 0.05) is 23.9 Å². The molecule has 2 aromatic carbocycles. The monoisotopic (exact) mass is 269 g/mol. The number of rotatable bonds is 2. The lowest BCUT2D eigenvalue weighted by molar-refractivity contribution is -0.384. The number of nitro benzene ring substituents is 1. The highest BCUT2D eigenvalue weighted by molar-refractivity contribution is 5.56. The van der Waals surface area contributed by atoms with Crippen molar-refractivity contribution in [1.82, 2.24) is 5.32 Å². The standard InChI is InChI=1S/C15H15N3O2/c1-10-13-4-2-3-5-14(13)17-15(16-10)11-6-8-12(9-7-11)18(19)20/h2-10,15-17H,1H3/t10-,15+/m1/s1. The van der Waals surface area contributed by atoms with Crippen LogP contribution >= 0.6 is 0 Å². The van der Waals surface area contributed by atoms with Gasteiger partial charge in [0.2, 0.25) is 0 Å². The second-order valence-corrected chi connectivity index (χ2v) is 4.90. The Kier molecular flexibility index (Phi) is 3.12. The topological polar surface area (TPSA) is 67.2 Å². The summed E-state index contributed by atoms with van der Waals surface area (Å²) in [7, 11) is 0. The molecule has 1 aliphatic rings. The molecular formula is C15H15N3O2. The minimum atomic E-state index is -0.385. The maximum atomic E-state index is 10.7. The number of fused-ring (bicyclic) bond motifs is 1. The molecule has 0 aromatic heterocycles. The number of benzene rings is 2. The Morgan fingerprint density at radius 3 is 2.50 bits per heavy atom. The van der Waals surface area contributed by atoms with Gasteiger partial charge in [0.05, 0.1) is 4.92 Å². The molecule has 5 nitrogen and oxygen atoms in total. The van der Waals surface area contributed by atoms with Crippen LogP contribution in [-0.4, -0.2) is 4.92 Å². The molecule has 0 unspecified atom stereocenters. The Balaban J connectivity index is 1.88. The van der Waals surface area contributed by atoms with Gasteiger partial charge in [-0.2, -0.15) is 0 Å². The number of nitro groups is 1. The lowest BCUT2D eigenvalue weighted by atomic mass is 10.0. The lowest BCUT2D eigenvalue weighted by Gasteiger charge is -2.33. The summed E-state index contributed by atoms with van der Waals surface area (Å²) in [4.78, 5) is 10.3. The third-order valence-corrected chi connectivity index (χ3v) is 3.58. The van der Waals surface area contributed by atoms with Crippen molar-refractivity contribution in [2.45, 2.75) is 19.1 Å². The molecule has 1 aliphatic heterocycles. The van der Waals surface area contributed by atoms with Crippen molar-refractivity contribution < 1.29 is 4.92 Å². The van der Waals surface area contributed by atoms with Crippen molar-refractivity contribution in [2.75, 3.05) is 5.32 Å². The number of nitrogens with zero attached hydrogens (tertiary/aromatic N) is 1. The summed E-state index contributed by atoms with van der Waals surface area (Å²) in [5, 5.41) is 17.5. The molecule has 1 heterocycles. The first kappa shape index (κ1) is 12.6. The number of anilines is 1. The van der Waals surface area contributed by atoms with E-state index in [-0.39, 0.29) is 22.8 Å². The molecule has 0 saturated carbocycles. The Labute approximate surface area is 116 Å². The number of nitrogens with one attached hydrogen (secondary N) is 2. The molecule has 0 spiro atoms. The zero-order valence-corrected chi connectivity index (χ0v) is 11.0. The largest absolute Gasteiger partial charge is 0.366 e. The molecule has 3 rings (SSSR count). The van der Waals surface area contributed by atoms with Crippen LogP contribution in [0.25, 0.3) is 0 Å². The normalized spacial score (nSPS) is 20.9. The average Bonchev–Trinajstić information content (AvgIpc) is 2.47. The Hall–Kier alpha value is -2.40. The van der Waals surface area contributed by atoms with Crippen LogP contribution in [0.5, 0.6) is 0 Å². The maximum absolute atomic E-state index is 10.7. The van der Waals surface area contributed by atoms with Crippen LogP contribution in [0.4, 0.5) is 11.4 Å². The summed E-state index contributed by atoms with van der Waals surface area (Å²) in [6, 6.07) is 15.0. The molecule has 0 amide bonds. The Morgan fingerprint density at radius 2 is 1.80 bits per heavy atom. The molecule has 0 radical (unpaired) electrons. The van der Waals surface area contributed by atoms with Crippen LogP contribution in [0, 0.1) is 10.1 Å². The van der Waals surface area contributed by atoms with Crippen molar-refractivity contribution in [1.29, 1.82) is 0 Å². The fraction of sp³-hybridized carbons (Fsp3) is 0.200. The summed E-state index contributed by atoms with van der Waals surface area (Å²) < 4.78 is 0. The van der Waals surface area contributed by atoms with Crippen LogP contribution in [0.3, 0.4) is 0 Å². The van der Waals surface area contributed by atoms with Gasteiger partial charge >= 0.3 is 0 Å². The summed E-state index contributed by atoms with van der Waals surface area (Å²) in [6.07, 6.45) is -0.0410. The van der Waals surface area contributed by atoms with Crippen molar-refractivity contribution in [3.8, 4) is 0 Å². The van der Waals surface area contributed by atoms with E-state index < -0.39 is 0 Å². The van der Waals surface area contributed by atoms with Crippen LogP contribution in [0.15, 0.2) is 48.5 Å². The van der Waals surface area contributed by atoms with Gasteiger partial charge in [-0.1, -0.05) is 18.2 Å². The van der Waals surface area contributed by atoms with Gasteiger partial charge in [0.15, 0.2) is 0 Å². The Bertz CT molecular complexity index is 640. The fourth-order valence-corrected chi connectivity index (χ4v) is 2.51. The first-order valence-electron chi connectivity index (χ1n) is 6.51. The maximum Gasteiger partial charge on any atom is 0.269 e. The molecule has 0 bridgehead atoms. The molecule has 0 fully saturated rings. The van der Waals surface area contributed by atoms with E-state index in [9.17, 15) is 10.1 Å². The number of non-ortho nitro benzene ring substituents is 1. The van der Waals surface area contributed by atoms with Crippen molar-refractivity contribution >= 4 is 11.4 Å². The summed E-state index contributed by atoms with van der Waals surface area (Å²) in [5.41, 5.74) is 3.42. The number of hydrogen-bond acceptors (Lipinski definition) is 4. The average molecular weight is 269 g/mol. The van der Waals surface area contributed by atoms with Crippen molar-refractivity contribution in [3.05, 3.63) is 69.8 Å². The quantitative estimate of drug-likeness (QED) is 0.648. The number of hydrogen-bond donors (Lipinski definition) is 2. The minimum Gasteiger partial charge on any atom is -0.366 e. The second kappa shape index (κ2) is 4.94. The van der Waals surface area contributed by atoms with Crippen LogP contribution in [0.1, 0.15) is 30.3 Å². The van der Waals surface area contributed by atoms with Crippen molar-refractivity contribution in [2.24, 2.45) is 0 Å². The van der Waals surface area contributed by atoms with E-state index in [1.54, 1.807) is 12.1 Å². The predicted molar refractivity (Wildman–Crippen MR) is 77.5 cm³/mol. The second-order valence-electron chi connectivity index (χ2n) is 4.90. The van der Waals surface area contributed by atoms with Crippen molar-refractivity contribution in [3.63, 3.8) is 0 Å². The minimum absolute atomic E-state index is 0.0410. The third kappa shape index (κ3) is 2.23. The van der Waals surface area contributed by atoms with Gasteiger partial charge in [-0.05, 0) is 36.2 Å². The van der Waals surface area contributed by atoms with Crippen LogP contribution in [0.2, 0.25) is 0 Å². The van der Waals surface area contributed by atoms with E-state index in [2.05, 4.69) is 23.6 Å². The van der Waals surface area contributed by atoms with E-state index in [0.717, 1.165) is 11.3 Å². The van der Waals surface area contributed by atoms with E-state index in [1.165, 1.54) is 17.7 Å². The first-order valence-corrected chi connectivity index (χ1v) is 6.51. The number of para-hydroxylation sites is 1. The van der Waals surface area contributed by atoms with Crippen LogP contribution < -0.4 is 10.6 Å². The molecule has 2 atom stereocenters. The molecule has 102 valence electrons. The van der Waals surface area contributed by atoms with Gasteiger partial charge in [0.1, 0.15) is 6.17 Å². The molecule has 2 aromatic rings. The highest BCUT2D eigenvalue weighted by Crippen LogP contribution is 2.32. The molecule has 5 heteroatoms. The van der Waals surface area contributed by atoms with Gasteiger partial charge in [-0.15, -0.1) is 0 Å². The highest BCUT2D eigenvalue weighted by Gasteiger charge is 2.23. The summed E-state index contributed by atoms with van der Waals surface area (Å²) in [6.45, 7) is 2.11. The van der Waals surface area contributed by atoms with Gasteiger partial charge in [-0.25, -0.2) is 0 Å². The smallest absolute Gasteiger partial charge is 0.269 e. The third-order valence-electron chi connectivity index (χ3n) is 3.58. The SMILES string of the molecule is C[C@H]1N[C@H](c2ccc([N+](=O)[O-])cc2)Nc2ccccc21. The molecule has 0 saturated heterocycles. The molecule has 0 aliphatic carbocycles. The van der Waals surface area contributed by atoms with E-state index in [0.29, 0.717) is 0 Å². The van der Waals surface area contributed by atoms with Gasteiger partial charge < -0.3 is 5.32 Å². The van der Waals surface area contributed by atoms with E-state index >= 15 is 0 Å². The zero-order chi connectivity index (χ0) is 14.1. The van der Waals surface area contributed by atoms with Gasteiger partial charge in [0.25, 0.3) is 5.69 Å². The van der Waals surface area contributed by atoms with E-state index in [4.69, 9.17) is 0 Å². The molecule has 2 N–H and O–H groups in total. The fourth-order valence-electron chi connectivity index (χ4n) is 2.51. The Morgan fingerprint density at radius 1 is 1.10 bits per heavy atom. The zero-order valence-electron chi connectivity index (χ0n) is 11.0. The highest BCUT2D eigenvalue weighted by atomic mass is 16.6. The van der Waals surface area contributed by atoms with Gasteiger partial charge in [-0.3, -0.25) is 15.4 Å². The lowest BCUT2D eigenvalue weighted by Crippen LogP contribution is -2.35. The summed E-state index contributed by atoms with van der Waals surface area (Å²) in [5.74, 6) is 0. The summed E-state index contributed by atoms with van der Waals surface area (Å²) >= 11 is 0. The molecular weight excluding hydrogens is 254 g/mol. The predicted octanol–water partition coefficient (Wildman–Crippen LogP) is 3.37.